The number of carbonyl (C=O) groups excluding carboxylic acids is 2. The fraction of sp³-hybridized carbons (Fsp3) is 0.737. The molecule has 0 bridgehead atoms. The number of hydrogen-bond donors (Lipinski definition) is 1. The van der Waals surface area contributed by atoms with Gasteiger partial charge < -0.3 is 9.80 Å². The first-order chi connectivity index (χ1) is 13.1. The molecule has 8 heteroatoms. The third kappa shape index (κ3) is 5.35. The molecule has 0 atom stereocenters. The largest absolute Gasteiger partial charge is 0.343 e. The quantitative estimate of drug-likeness (QED) is 0.725. The number of aromatic nitrogens is 1. The smallest absolute Gasteiger partial charge is 0.324 e. The van der Waals surface area contributed by atoms with Gasteiger partial charge in [0.15, 0.2) is 5.13 Å². The number of amides is 3. The van der Waals surface area contributed by atoms with E-state index in [2.05, 4.69) is 15.2 Å². The number of halogens is 1. The van der Waals surface area contributed by atoms with Crippen LogP contribution < -0.4 is 5.32 Å². The lowest BCUT2D eigenvalue weighted by Gasteiger charge is -2.42. The van der Waals surface area contributed by atoms with Crippen LogP contribution >= 0.6 is 22.9 Å². The highest BCUT2D eigenvalue weighted by Crippen LogP contribution is 2.29. The van der Waals surface area contributed by atoms with Crippen molar-refractivity contribution in [3.8, 4) is 0 Å². The molecular weight excluding hydrogens is 384 g/mol. The van der Waals surface area contributed by atoms with Crippen molar-refractivity contribution in [1.82, 2.24) is 14.8 Å². The highest BCUT2D eigenvalue weighted by Gasteiger charge is 2.34. The number of anilines is 1. The number of nitrogens with one attached hydrogen (secondary N) is 1. The van der Waals surface area contributed by atoms with Crippen molar-refractivity contribution in [2.45, 2.75) is 76.8 Å². The number of piperidine rings is 1. The number of rotatable bonds is 4. The number of thiazole rings is 1. The summed E-state index contributed by atoms with van der Waals surface area (Å²) < 4.78 is 0.567. The third-order valence-corrected chi connectivity index (χ3v) is 6.69. The van der Waals surface area contributed by atoms with Gasteiger partial charge in [-0.3, -0.25) is 10.1 Å². The monoisotopic (exact) mass is 412 g/mol. The van der Waals surface area contributed by atoms with E-state index in [0.717, 1.165) is 38.8 Å². The van der Waals surface area contributed by atoms with Gasteiger partial charge in [-0.15, -0.1) is 0 Å². The van der Waals surface area contributed by atoms with Crippen LogP contribution in [0.25, 0.3) is 0 Å². The van der Waals surface area contributed by atoms with Gasteiger partial charge in [0, 0.05) is 31.6 Å². The van der Waals surface area contributed by atoms with Gasteiger partial charge in [-0.1, -0.05) is 55.5 Å². The predicted octanol–water partition coefficient (Wildman–Crippen LogP) is 4.75. The van der Waals surface area contributed by atoms with E-state index >= 15 is 0 Å². The van der Waals surface area contributed by atoms with Crippen LogP contribution in [0.5, 0.6) is 0 Å². The van der Waals surface area contributed by atoms with Crippen molar-refractivity contribution in [3.63, 3.8) is 0 Å². The van der Waals surface area contributed by atoms with Crippen molar-refractivity contribution in [3.05, 3.63) is 10.5 Å². The summed E-state index contributed by atoms with van der Waals surface area (Å²) in [5.41, 5.74) is 0. The molecule has 3 amide bonds. The summed E-state index contributed by atoms with van der Waals surface area (Å²) in [6.45, 7) is 3.37. The number of hydrogen-bond acceptors (Lipinski definition) is 4. The van der Waals surface area contributed by atoms with Gasteiger partial charge in [0.05, 0.1) is 6.20 Å². The fourth-order valence-electron chi connectivity index (χ4n) is 4.25. The van der Waals surface area contributed by atoms with Crippen molar-refractivity contribution in [2.24, 2.45) is 0 Å². The first-order valence-electron chi connectivity index (χ1n) is 10.1. The van der Waals surface area contributed by atoms with Crippen LogP contribution in [0, 0.1) is 0 Å². The Morgan fingerprint density at radius 2 is 1.81 bits per heavy atom. The molecule has 1 saturated carbocycles. The second-order valence-electron chi connectivity index (χ2n) is 7.42. The molecule has 0 unspecified atom stereocenters. The minimum Gasteiger partial charge on any atom is -0.343 e. The minimum absolute atomic E-state index is 0.0758. The molecule has 1 aliphatic heterocycles. The van der Waals surface area contributed by atoms with Gasteiger partial charge >= 0.3 is 6.03 Å². The lowest BCUT2D eigenvalue weighted by Crippen LogP contribution is -2.53. The Morgan fingerprint density at radius 3 is 2.37 bits per heavy atom. The van der Waals surface area contributed by atoms with Gasteiger partial charge in [0.25, 0.3) is 0 Å². The SMILES string of the molecule is CCC(=O)N1CCC(N(C(=O)Nc2ncc(Cl)s2)C2CCCCCC2)CC1. The molecule has 2 aliphatic rings. The van der Waals surface area contributed by atoms with E-state index in [4.69, 9.17) is 11.6 Å². The zero-order chi connectivity index (χ0) is 19.2. The molecular formula is C19H29ClN4O2S. The Morgan fingerprint density at radius 1 is 1.19 bits per heavy atom. The highest BCUT2D eigenvalue weighted by molar-refractivity contribution is 7.19. The lowest BCUT2D eigenvalue weighted by molar-refractivity contribution is -0.132. The van der Waals surface area contributed by atoms with Gasteiger partial charge in [-0.05, 0) is 25.7 Å². The van der Waals surface area contributed by atoms with Crippen molar-refractivity contribution < 1.29 is 9.59 Å². The molecule has 0 radical (unpaired) electrons. The van der Waals surface area contributed by atoms with E-state index in [1.54, 1.807) is 6.20 Å². The van der Waals surface area contributed by atoms with Crippen molar-refractivity contribution >= 4 is 40.0 Å². The molecule has 2 heterocycles. The summed E-state index contributed by atoms with van der Waals surface area (Å²) in [4.78, 5) is 33.3. The average Bonchev–Trinajstić information content (AvgIpc) is 2.91. The van der Waals surface area contributed by atoms with Crippen LogP contribution in [0.1, 0.15) is 64.7 Å². The van der Waals surface area contributed by atoms with Gasteiger partial charge in [0.2, 0.25) is 5.91 Å². The van der Waals surface area contributed by atoms with E-state index in [-0.39, 0.29) is 24.0 Å². The van der Waals surface area contributed by atoms with E-state index in [1.807, 2.05) is 11.8 Å². The van der Waals surface area contributed by atoms with Crippen LogP contribution in [0.2, 0.25) is 4.34 Å². The Labute approximate surface area is 170 Å². The maximum Gasteiger partial charge on any atom is 0.324 e. The third-order valence-electron chi connectivity index (χ3n) is 5.66. The summed E-state index contributed by atoms with van der Waals surface area (Å²) in [6.07, 6.45) is 10.7. The first-order valence-corrected chi connectivity index (χ1v) is 11.3. The summed E-state index contributed by atoms with van der Waals surface area (Å²) in [7, 11) is 0. The molecule has 1 aromatic rings. The summed E-state index contributed by atoms with van der Waals surface area (Å²) in [6, 6.07) is 0.360. The molecule has 2 fully saturated rings. The number of urea groups is 1. The molecule has 0 aromatic carbocycles. The summed E-state index contributed by atoms with van der Waals surface area (Å²) in [5.74, 6) is 0.205. The second-order valence-corrected chi connectivity index (χ2v) is 9.08. The Balaban J connectivity index is 1.71. The zero-order valence-corrected chi connectivity index (χ0v) is 17.5. The molecule has 1 aliphatic carbocycles. The molecule has 3 rings (SSSR count). The van der Waals surface area contributed by atoms with Crippen LogP contribution in [0.3, 0.4) is 0 Å². The number of nitrogens with zero attached hydrogens (tertiary/aromatic N) is 3. The Bertz CT molecular complexity index is 637. The maximum absolute atomic E-state index is 13.2. The average molecular weight is 413 g/mol. The van der Waals surface area contributed by atoms with Gasteiger partial charge in [-0.25, -0.2) is 9.78 Å². The molecule has 150 valence electrons. The predicted molar refractivity (Wildman–Crippen MR) is 109 cm³/mol. The highest BCUT2D eigenvalue weighted by atomic mass is 35.5. The Kier molecular flexibility index (Phi) is 7.35. The van der Waals surface area contributed by atoms with E-state index < -0.39 is 0 Å². The number of carbonyl (C=O) groups is 2. The molecule has 0 spiro atoms. The van der Waals surface area contributed by atoms with Crippen molar-refractivity contribution in [1.29, 1.82) is 0 Å². The standard InChI is InChI=1S/C19H29ClN4O2S/c1-2-17(25)23-11-9-15(10-12-23)24(14-7-5-3-4-6-8-14)19(26)22-18-21-13-16(20)27-18/h13-15H,2-12H2,1H3,(H,21,22,26). The van der Waals surface area contributed by atoms with Crippen molar-refractivity contribution in [2.75, 3.05) is 18.4 Å². The fourth-order valence-corrected chi connectivity index (χ4v) is 5.05. The maximum atomic E-state index is 13.2. The number of likely N-dealkylation sites (tertiary alicyclic amines) is 1. The topological polar surface area (TPSA) is 65.5 Å². The summed E-state index contributed by atoms with van der Waals surface area (Å²) >= 11 is 7.24. The van der Waals surface area contributed by atoms with Crippen LogP contribution in [-0.2, 0) is 4.79 Å². The Hall–Kier alpha value is -1.34. The minimum atomic E-state index is -0.0758. The molecule has 27 heavy (non-hydrogen) atoms. The molecule has 6 nitrogen and oxygen atoms in total. The lowest BCUT2D eigenvalue weighted by atomic mass is 9.98. The van der Waals surface area contributed by atoms with Crippen LogP contribution in [-0.4, -0.2) is 51.9 Å². The molecule has 1 N–H and O–H groups in total. The van der Waals surface area contributed by atoms with E-state index in [0.29, 0.717) is 15.9 Å². The molecule has 1 aromatic heterocycles. The second kappa shape index (κ2) is 9.73. The normalized spacial score (nSPS) is 19.6. The van der Waals surface area contributed by atoms with Crippen LogP contribution in [0.15, 0.2) is 6.20 Å². The van der Waals surface area contributed by atoms with Gasteiger partial charge in [0.1, 0.15) is 4.34 Å². The zero-order valence-electron chi connectivity index (χ0n) is 16.0. The summed E-state index contributed by atoms with van der Waals surface area (Å²) in [5, 5.41) is 3.50. The first kappa shape index (κ1) is 20.4. The van der Waals surface area contributed by atoms with Gasteiger partial charge in [-0.2, -0.15) is 0 Å². The molecule has 1 saturated heterocycles. The van der Waals surface area contributed by atoms with E-state index in [9.17, 15) is 9.59 Å². The van der Waals surface area contributed by atoms with E-state index in [1.165, 1.54) is 37.0 Å². The van der Waals surface area contributed by atoms with Crippen LogP contribution in [0.4, 0.5) is 9.93 Å².